The van der Waals surface area contributed by atoms with Gasteiger partial charge < -0.3 is 10.5 Å². The summed E-state index contributed by atoms with van der Waals surface area (Å²) in [7, 11) is 1.89. The van der Waals surface area contributed by atoms with Crippen molar-refractivity contribution in [2.24, 2.45) is 24.1 Å². The van der Waals surface area contributed by atoms with E-state index in [0.29, 0.717) is 31.5 Å². The molecule has 10 heteroatoms. The summed E-state index contributed by atoms with van der Waals surface area (Å²) in [4.78, 5) is 34.3. The molecular weight excluding hydrogens is 494 g/mol. The van der Waals surface area contributed by atoms with Crippen LogP contribution in [0.15, 0.2) is 61.4 Å². The number of nitrogens with two attached hydrogens (primary N) is 1. The lowest BCUT2D eigenvalue weighted by atomic mass is 9.72. The van der Waals surface area contributed by atoms with Crippen LogP contribution >= 0.6 is 0 Å². The van der Waals surface area contributed by atoms with Crippen LogP contribution in [-0.4, -0.2) is 48.0 Å². The average molecular weight is 528 g/mol. The Morgan fingerprint density at radius 3 is 2.28 bits per heavy atom. The molecule has 0 radical (unpaired) electrons. The first kappa shape index (κ1) is 26.3. The molecule has 10 nitrogen and oxygen atoms in total. The Morgan fingerprint density at radius 2 is 1.64 bits per heavy atom. The van der Waals surface area contributed by atoms with Crippen molar-refractivity contribution in [3.8, 4) is 33.6 Å². The molecule has 3 heterocycles. The fraction of sp³-hybridized carbons (Fsp3) is 0.379. The summed E-state index contributed by atoms with van der Waals surface area (Å²) in [6, 6.07) is 8.12. The van der Waals surface area contributed by atoms with Gasteiger partial charge in [-0.25, -0.2) is 9.97 Å². The Bertz CT molecular complexity index is 1460. The third-order valence-corrected chi connectivity index (χ3v) is 7.34. The van der Waals surface area contributed by atoms with Crippen LogP contribution in [0.25, 0.3) is 33.6 Å². The van der Waals surface area contributed by atoms with Gasteiger partial charge in [0.15, 0.2) is 5.82 Å². The number of nitrogens with zero attached hydrogens (tertiary/aromatic N) is 6. The Labute approximate surface area is 227 Å². The molecule has 0 saturated heterocycles. The number of aromatic nitrogens is 6. The third-order valence-electron chi connectivity index (χ3n) is 7.34. The molecule has 39 heavy (non-hydrogen) atoms. The molecule has 0 aliphatic heterocycles. The highest BCUT2D eigenvalue weighted by Crippen LogP contribution is 2.42. The summed E-state index contributed by atoms with van der Waals surface area (Å²) in [5, 5.41) is 8.81. The summed E-state index contributed by atoms with van der Waals surface area (Å²) < 4.78 is 9.07. The van der Waals surface area contributed by atoms with Crippen molar-refractivity contribution in [1.82, 2.24) is 29.5 Å². The monoisotopic (exact) mass is 527 g/mol. The summed E-state index contributed by atoms with van der Waals surface area (Å²) in [5.41, 5.74) is 9.18. The number of primary amides is 1. The maximum Gasteiger partial charge on any atom is 0.321 e. The van der Waals surface area contributed by atoms with E-state index in [4.69, 9.17) is 10.5 Å². The first-order valence-corrected chi connectivity index (χ1v) is 13.2. The van der Waals surface area contributed by atoms with E-state index in [-0.39, 0.29) is 18.6 Å². The van der Waals surface area contributed by atoms with E-state index < -0.39 is 17.3 Å². The average Bonchev–Trinajstić information content (AvgIpc) is 3.61. The number of amides is 1. The van der Waals surface area contributed by atoms with Gasteiger partial charge >= 0.3 is 5.97 Å². The van der Waals surface area contributed by atoms with E-state index in [1.807, 2.05) is 62.4 Å². The number of ether oxygens (including phenoxy) is 1. The van der Waals surface area contributed by atoms with Gasteiger partial charge in [0, 0.05) is 54.1 Å². The van der Waals surface area contributed by atoms with Gasteiger partial charge in [-0.1, -0.05) is 32.0 Å². The van der Waals surface area contributed by atoms with E-state index in [2.05, 4.69) is 26.2 Å². The number of hydrogen-bond acceptors (Lipinski definition) is 7. The van der Waals surface area contributed by atoms with E-state index >= 15 is 0 Å². The number of carbonyl (C=O) groups is 2. The van der Waals surface area contributed by atoms with Gasteiger partial charge in [0.25, 0.3) is 0 Å². The molecule has 202 valence electrons. The van der Waals surface area contributed by atoms with Crippen molar-refractivity contribution in [2.45, 2.75) is 45.6 Å². The molecule has 1 amide bonds. The predicted octanol–water partition coefficient (Wildman–Crippen LogP) is 4.19. The molecule has 3 aromatic heterocycles. The number of esters is 1. The van der Waals surface area contributed by atoms with Crippen molar-refractivity contribution in [2.75, 3.05) is 6.61 Å². The maximum atomic E-state index is 12.8. The lowest BCUT2D eigenvalue weighted by molar-refractivity contribution is -0.164. The quantitative estimate of drug-likeness (QED) is 0.268. The summed E-state index contributed by atoms with van der Waals surface area (Å²) in [6.45, 7) is 4.18. The normalized spacial score (nSPS) is 19.2. The highest BCUT2D eigenvalue weighted by Gasteiger charge is 2.48. The van der Waals surface area contributed by atoms with Crippen LogP contribution in [0.5, 0.6) is 0 Å². The number of hydrogen-bond donors (Lipinski definition) is 1. The van der Waals surface area contributed by atoms with Crippen LogP contribution in [0.4, 0.5) is 0 Å². The number of rotatable bonds is 8. The second-order valence-electron chi connectivity index (χ2n) is 10.7. The summed E-state index contributed by atoms with van der Waals surface area (Å²) in [6.07, 6.45) is 13.0. The topological polar surface area (TPSA) is 131 Å². The van der Waals surface area contributed by atoms with Gasteiger partial charge in [-0.15, -0.1) is 0 Å². The molecule has 1 aromatic carbocycles. The lowest BCUT2D eigenvalue weighted by Crippen LogP contribution is -2.47. The largest absolute Gasteiger partial charge is 0.465 e. The lowest BCUT2D eigenvalue weighted by Gasteiger charge is -2.35. The molecular formula is C29H33N7O3. The fourth-order valence-corrected chi connectivity index (χ4v) is 5.01. The highest BCUT2D eigenvalue weighted by atomic mass is 16.5. The second kappa shape index (κ2) is 10.8. The second-order valence-corrected chi connectivity index (χ2v) is 10.7. The fourth-order valence-electron chi connectivity index (χ4n) is 5.01. The van der Waals surface area contributed by atoms with Crippen molar-refractivity contribution < 1.29 is 14.3 Å². The minimum atomic E-state index is -1.26. The van der Waals surface area contributed by atoms with Crippen LogP contribution in [-0.2, 0) is 21.4 Å². The zero-order valence-corrected chi connectivity index (χ0v) is 22.4. The third kappa shape index (κ3) is 5.45. The van der Waals surface area contributed by atoms with Crippen LogP contribution in [0.1, 0.15) is 45.6 Å². The Balaban J connectivity index is 1.26. The Hall–Kier alpha value is -4.34. The van der Waals surface area contributed by atoms with Crippen molar-refractivity contribution in [3.63, 3.8) is 0 Å². The van der Waals surface area contributed by atoms with Gasteiger partial charge in [0.1, 0.15) is 5.41 Å². The minimum Gasteiger partial charge on any atom is -0.465 e. The van der Waals surface area contributed by atoms with Gasteiger partial charge in [-0.05, 0) is 43.2 Å². The number of carbonyl (C=O) groups excluding carboxylic acids is 2. The smallest absolute Gasteiger partial charge is 0.321 e. The maximum absolute atomic E-state index is 12.8. The predicted molar refractivity (Wildman–Crippen MR) is 146 cm³/mol. The summed E-state index contributed by atoms with van der Waals surface area (Å²) >= 11 is 0. The molecule has 0 unspecified atom stereocenters. The molecule has 4 aromatic rings. The molecule has 0 bridgehead atoms. The van der Waals surface area contributed by atoms with Crippen LogP contribution in [0.2, 0.25) is 0 Å². The van der Waals surface area contributed by atoms with Gasteiger partial charge in [-0.3, -0.25) is 19.0 Å². The van der Waals surface area contributed by atoms with Crippen LogP contribution in [0.3, 0.4) is 0 Å². The zero-order valence-electron chi connectivity index (χ0n) is 22.4. The highest BCUT2D eigenvalue weighted by molar-refractivity contribution is 6.02. The number of benzene rings is 1. The van der Waals surface area contributed by atoms with E-state index in [1.165, 1.54) is 0 Å². The molecule has 0 spiro atoms. The molecule has 5 rings (SSSR count). The number of aryl methyl sites for hydroxylation is 1. The van der Waals surface area contributed by atoms with E-state index in [9.17, 15) is 9.59 Å². The minimum absolute atomic E-state index is 0.0551. The molecule has 0 atom stereocenters. The van der Waals surface area contributed by atoms with Gasteiger partial charge in [-0.2, -0.15) is 10.2 Å². The SMILES string of the molecule is CC(C)COC(=O)C1(C(N)=O)CCC(n2cc(-c3cnc(-c4cccc(-c5cnn(C)c5)c4)nc3)cn2)CC1. The molecule has 1 fully saturated rings. The molecule has 1 aliphatic carbocycles. The van der Waals surface area contributed by atoms with Crippen molar-refractivity contribution in [3.05, 3.63) is 61.4 Å². The molecule has 2 N–H and O–H groups in total. The van der Waals surface area contributed by atoms with Crippen molar-refractivity contribution in [1.29, 1.82) is 0 Å². The van der Waals surface area contributed by atoms with Crippen LogP contribution in [0, 0.1) is 11.3 Å². The standard InChI is InChI=1S/C29H33N7O3/c1-19(2)18-39-28(38)29(27(30)37)9-7-25(8-10-29)36-17-24(15-34-36)22-12-31-26(32-13-22)21-6-4-5-20(11-21)23-14-33-35(3)16-23/h4-6,11-17,19,25H,7-10,18H2,1-3H3,(H2,30,37). The van der Waals surface area contributed by atoms with Crippen molar-refractivity contribution >= 4 is 11.9 Å². The summed E-state index contributed by atoms with van der Waals surface area (Å²) in [5.74, 6) is -0.297. The first-order chi connectivity index (χ1) is 18.7. The van der Waals surface area contributed by atoms with E-state index in [0.717, 1.165) is 27.8 Å². The molecule has 1 aliphatic rings. The molecule has 1 saturated carbocycles. The van der Waals surface area contributed by atoms with Crippen LogP contribution < -0.4 is 5.73 Å². The zero-order chi connectivity index (χ0) is 27.6. The van der Waals surface area contributed by atoms with Gasteiger partial charge in [0.05, 0.1) is 25.0 Å². The Kier molecular flexibility index (Phi) is 7.28. The van der Waals surface area contributed by atoms with E-state index in [1.54, 1.807) is 23.3 Å². The first-order valence-electron chi connectivity index (χ1n) is 13.2. The van der Waals surface area contributed by atoms with Gasteiger partial charge in [0.2, 0.25) is 5.91 Å². The Morgan fingerprint density at radius 1 is 0.974 bits per heavy atom.